The van der Waals surface area contributed by atoms with Crippen LogP contribution in [0.2, 0.25) is 0 Å². The molecule has 0 aliphatic rings. The van der Waals surface area contributed by atoms with Gasteiger partial charge in [0.05, 0.1) is 51.9 Å². The fourth-order valence-corrected chi connectivity index (χ4v) is 2.97. The smallest absolute Gasteiger partial charge is 0.254 e. The summed E-state index contributed by atoms with van der Waals surface area (Å²) in [5.74, 6) is -0.257. The van der Waals surface area contributed by atoms with E-state index in [1.807, 2.05) is 33.8 Å². The molecule has 0 aromatic carbocycles. The van der Waals surface area contributed by atoms with Crippen LogP contribution in [0.25, 0.3) is 16.9 Å². The molecule has 1 amide bonds. The minimum absolute atomic E-state index is 0.0968. The van der Waals surface area contributed by atoms with Gasteiger partial charge in [-0.25, -0.2) is 9.50 Å². The fraction of sp³-hybridized carbons (Fsp3) is 0.364. The highest BCUT2D eigenvalue weighted by Crippen LogP contribution is 2.27. The van der Waals surface area contributed by atoms with E-state index in [1.54, 1.807) is 18.5 Å². The van der Waals surface area contributed by atoms with Crippen molar-refractivity contribution in [3.05, 3.63) is 42.0 Å². The van der Waals surface area contributed by atoms with Crippen molar-refractivity contribution in [3.8, 4) is 23.4 Å². The molecule has 3 heterocycles. The normalized spacial score (nSPS) is 11.2. The molecule has 0 saturated carbocycles. The number of nitriles is 2. The largest absolute Gasteiger partial charge is 0.382 e. The van der Waals surface area contributed by atoms with Crippen LogP contribution in [0.15, 0.2) is 30.9 Å². The van der Waals surface area contributed by atoms with Crippen LogP contribution in [0.3, 0.4) is 0 Å². The maximum Gasteiger partial charge on any atom is 0.254 e. The fourth-order valence-electron chi connectivity index (χ4n) is 2.97. The number of anilines is 1. The number of hydrogen-bond donors (Lipinski definition) is 2. The van der Waals surface area contributed by atoms with Gasteiger partial charge in [-0.15, -0.1) is 0 Å². The lowest BCUT2D eigenvalue weighted by atomic mass is 9.91. The zero-order chi connectivity index (χ0) is 22.6. The summed E-state index contributed by atoms with van der Waals surface area (Å²) < 4.78 is 1.53. The van der Waals surface area contributed by atoms with Gasteiger partial charge in [-0.3, -0.25) is 9.78 Å². The molecule has 31 heavy (non-hydrogen) atoms. The zero-order valence-corrected chi connectivity index (χ0v) is 18.0. The third-order valence-corrected chi connectivity index (χ3v) is 4.69. The molecule has 3 aromatic heterocycles. The number of amides is 1. The third-order valence-electron chi connectivity index (χ3n) is 4.69. The summed E-state index contributed by atoms with van der Waals surface area (Å²) in [4.78, 5) is 21.6. The first-order valence-electron chi connectivity index (χ1n) is 9.94. The molecule has 9 nitrogen and oxygen atoms in total. The molecule has 3 aromatic rings. The molecule has 0 aliphatic heterocycles. The molecular weight excluding hydrogens is 392 g/mol. The molecule has 0 atom stereocenters. The van der Waals surface area contributed by atoms with E-state index < -0.39 is 5.41 Å². The Balaban J connectivity index is 1.91. The summed E-state index contributed by atoms with van der Waals surface area (Å²) in [5.41, 5.74) is 2.84. The lowest BCUT2D eigenvalue weighted by Gasteiger charge is -2.17. The van der Waals surface area contributed by atoms with E-state index in [-0.39, 0.29) is 11.9 Å². The Morgan fingerprint density at radius 3 is 2.68 bits per heavy atom. The number of pyridine rings is 1. The Morgan fingerprint density at radius 2 is 2.00 bits per heavy atom. The van der Waals surface area contributed by atoms with Crippen LogP contribution < -0.4 is 10.6 Å². The SMILES string of the molecule is CC(C)Nc1cc(-c2cnn3cc(C#N)cnc23)ncc1C(=O)NCCC(C)(C)C#N. The van der Waals surface area contributed by atoms with Crippen molar-refractivity contribution in [3.63, 3.8) is 0 Å². The first kappa shape index (κ1) is 21.7. The van der Waals surface area contributed by atoms with Gasteiger partial charge in [0.25, 0.3) is 5.91 Å². The van der Waals surface area contributed by atoms with Gasteiger partial charge in [0, 0.05) is 25.0 Å². The number of hydrogen-bond acceptors (Lipinski definition) is 7. The second-order valence-corrected chi connectivity index (χ2v) is 8.20. The quantitative estimate of drug-likeness (QED) is 0.604. The Bertz CT molecular complexity index is 1200. The van der Waals surface area contributed by atoms with Crippen molar-refractivity contribution >= 4 is 17.2 Å². The molecule has 9 heteroatoms. The van der Waals surface area contributed by atoms with Crippen LogP contribution >= 0.6 is 0 Å². The summed E-state index contributed by atoms with van der Waals surface area (Å²) >= 11 is 0. The van der Waals surface area contributed by atoms with Crippen molar-refractivity contribution in [2.24, 2.45) is 5.41 Å². The van der Waals surface area contributed by atoms with E-state index in [4.69, 9.17) is 10.5 Å². The van der Waals surface area contributed by atoms with Crippen molar-refractivity contribution < 1.29 is 4.79 Å². The van der Waals surface area contributed by atoms with Gasteiger partial charge in [-0.2, -0.15) is 15.6 Å². The molecule has 0 spiro atoms. The number of aromatic nitrogens is 4. The zero-order valence-electron chi connectivity index (χ0n) is 18.0. The molecule has 3 rings (SSSR count). The van der Waals surface area contributed by atoms with E-state index in [1.165, 1.54) is 16.9 Å². The Labute approximate surface area is 180 Å². The highest BCUT2D eigenvalue weighted by molar-refractivity contribution is 6.00. The van der Waals surface area contributed by atoms with Gasteiger partial charge in [-0.1, -0.05) is 0 Å². The summed E-state index contributed by atoms with van der Waals surface area (Å²) in [6, 6.07) is 6.16. The lowest BCUT2D eigenvalue weighted by molar-refractivity contribution is 0.0951. The van der Waals surface area contributed by atoms with Crippen LogP contribution in [-0.4, -0.2) is 38.1 Å². The van der Waals surface area contributed by atoms with Crippen molar-refractivity contribution in [1.29, 1.82) is 10.5 Å². The number of carbonyl (C=O) groups excluding carboxylic acids is 1. The van der Waals surface area contributed by atoms with Crippen LogP contribution in [0.4, 0.5) is 5.69 Å². The number of fused-ring (bicyclic) bond motifs is 1. The monoisotopic (exact) mass is 416 g/mol. The first-order valence-corrected chi connectivity index (χ1v) is 9.94. The predicted molar refractivity (Wildman–Crippen MR) is 116 cm³/mol. The second kappa shape index (κ2) is 8.80. The molecule has 0 aliphatic carbocycles. The summed E-state index contributed by atoms with van der Waals surface area (Å²) in [6.07, 6.45) is 6.79. The van der Waals surface area contributed by atoms with Crippen molar-refractivity contribution in [1.82, 2.24) is 24.9 Å². The van der Waals surface area contributed by atoms with E-state index in [0.717, 1.165) is 0 Å². The second-order valence-electron chi connectivity index (χ2n) is 8.20. The van der Waals surface area contributed by atoms with Crippen LogP contribution in [0, 0.1) is 28.1 Å². The first-order chi connectivity index (χ1) is 14.7. The van der Waals surface area contributed by atoms with Crippen molar-refractivity contribution in [2.45, 2.75) is 40.2 Å². The van der Waals surface area contributed by atoms with Crippen LogP contribution in [-0.2, 0) is 0 Å². The van der Waals surface area contributed by atoms with E-state index >= 15 is 0 Å². The standard InChI is InChI=1S/C22H24N8O/c1-14(2)29-19-7-18(16-11-28-30-12-15(8-23)9-27-20(16)30)26-10-17(19)21(31)25-6-5-22(3,4)13-24/h7,9-12,14H,5-6H2,1-4H3,(H,25,31)(H,26,29). The van der Waals surface area contributed by atoms with Crippen LogP contribution in [0.1, 0.15) is 50.0 Å². The maximum atomic E-state index is 12.8. The predicted octanol–water partition coefficient (Wildman–Crippen LogP) is 3.15. The van der Waals surface area contributed by atoms with Crippen molar-refractivity contribution in [2.75, 3.05) is 11.9 Å². The Hall–Kier alpha value is -3.98. The summed E-state index contributed by atoms with van der Waals surface area (Å²) in [6.45, 7) is 8.03. The van der Waals surface area contributed by atoms with E-state index in [2.05, 4.69) is 31.8 Å². The average molecular weight is 416 g/mol. The maximum absolute atomic E-state index is 12.8. The van der Waals surface area contributed by atoms with E-state index in [9.17, 15) is 4.79 Å². The number of nitrogens with one attached hydrogen (secondary N) is 2. The molecule has 0 radical (unpaired) electrons. The number of nitrogens with zero attached hydrogens (tertiary/aromatic N) is 6. The summed E-state index contributed by atoms with van der Waals surface area (Å²) in [5, 5.41) is 28.6. The van der Waals surface area contributed by atoms with Crippen LogP contribution in [0.5, 0.6) is 0 Å². The minimum atomic E-state index is -0.504. The average Bonchev–Trinajstić information content (AvgIpc) is 3.16. The molecule has 0 fully saturated rings. The molecule has 0 saturated heterocycles. The van der Waals surface area contributed by atoms with Gasteiger partial charge >= 0.3 is 0 Å². The van der Waals surface area contributed by atoms with Gasteiger partial charge in [0.1, 0.15) is 6.07 Å². The Morgan fingerprint density at radius 1 is 1.23 bits per heavy atom. The molecular formula is C22H24N8O. The van der Waals surface area contributed by atoms with Gasteiger partial charge in [0.15, 0.2) is 5.65 Å². The lowest BCUT2D eigenvalue weighted by Crippen LogP contribution is -2.29. The van der Waals surface area contributed by atoms with E-state index in [0.29, 0.717) is 46.7 Å². The molecule has 0 unspecified atom stereocenters. The molecule has 2 N–H and O–H groups in total. The molecule has 0 bridgehead atoms. The topological polar surface area (TPSA) is 132 Å². The van der Waals surface area contributed by atoms with Gasteiger partial charge in [-0.05, 0) is 40.2 Å². The van der Waals surface area contributed by atoms with Gasteiger partial charge < -0.3 is 10.6 Å². The number of rotatable bonds is 7. The highest BCUT2D eigenvalue weighted by Gasteiger charge is 2.19. The Kier molecular flexibility index (Phi) is 6.17. The van der Waals surface area contributed by atoms with Gasteiger partial charge in [0.2, 0.25) is 0 Å². The minimum Gasteiger partial charge on any atom is -0.382 e. The summed E-state index contributed by atoms with van der Waals surface area (Å²) in [7, 11) is 0. The third kappa shape index (κ3) is 4.96. The highest BCUT2D eigenvalue weighted by atomic mass is 16.1. The number of carbonyl (C=O) groups is 1. The molecule has 158 valence electrons.